The van der Waals surface area contributed by atoms with Crippen molar-refractivity contribution in [3.05, 3.63) is 52.5 Å². The highest BCUT2D eigenvalue weighted by molar-refractivity contribution is 9.10. The van der Waals surface area contributed by atoms with Crippen LogP contribution in [0, 0.1) is 17.1 Å². The molecule has 0 unspecified atom stereocenters. The molecule has 2 rings (SSSR count). The fraction of sp³-hybridized carbons (Fsp3) is 0. The van der Waals surface area contributed by atoms with Gasteiger partial charge in [0.15, 0.2) is 5.69 Å². The first-order chi connectivity index (χ1) is 8.20. The average molecular weight is 292 g/mol. The predicted octanol–water partition coefficient (Wildman–Crippen LogP) is 3.60. The summed E-state index contributed by atoms with van der Waals surface area (Å²) in [4.78, 5) is 3.91. The van der Waals surface area contributed by atoms with Crippen molar-refractivity contribution in [2.24, 2.45) is 0 Å². The lowest BCUT2D eigenvalue weighted by Crippen LogP contribution is -1.96. The van der Waals surface area contributed by atoms with Crippen molar-refractivity contribution in [2.75, 3.05) is 5.32 Å². The maximum absolute atomic E-state index is 13.1. The first kappa shape index (κ1) is 11.6. The van der Waals surface area contributed by atoms with Crippen LogP contribution in [0.25, 0.3) is 0 Å². The monoisotopic (exact) mass is 291 g/mol. The molecule has 0 atom stereocenters. The Hall–Kier alpha value is -1.93. The van der Waals surface area contributed by atoms with E-state index in [0.717, 1.165) is 0 Å². The van der Waals surface area contributed by atoms with Crippen molar-refractivity contribution in [1.29, 1.82) is 5.26 Å². The Morgan fingerprint density at radius 3 is 2.88 bits per heavy atom. The van der Waals surface area contributed by atoms with E-state index >= 15 is 0 Å². The second kappa shape index (κ2) is 4.93. The summed E-state index contributed by atoms with van der Waals surface area (Å²) in [6.07, 6.45) is 1.53. The van der Waals surface area contributed by atoms with Crippen molar-refractivity contribution < 1.29 is 4.39 Å². The number of pyridine rings is 1. The quantitative estimate of drug-likeness (QED) is 0.920. The smallest absolute Gasteiger partial charge is 0.163 e. The molecule has 0 aliphatic heterocycles. The third-order valence-electron chi connectivity index (χ3n) is 2.11. The van der Waals surface area contributed by atoms with Gasteiger partial charge >= 0.3 is 0 Å². The Morgan fingerprint density at radius 1 is 1.29 bits per heavy atom. The number of hydrogen-bond acceptors (Lipinski definition) is 3. The molecule has 0 aliphatic rings. The van der Waals surface area contributed by atoms with E-state index in [4.69, 9.17) is 5.26 Å². The molecule has 0 radical (unpaired) electrons. The van der Waals surface area contributed by atoms with Gasteiger partial charge in [-0.25, -0.2) is 9.37 Å². The van der Waals surface area contributed by atoms with E-state index in [0.29, 0.717) is 15.8 Å². The second-order valence-corrected chi connectivity index (χ2v) is 4.11. The summed E-state index contributed by atoms with van der Waals surface area (Å²) >= 11 is 3.30. The number of nitriles is 1. The Kier molecular flexibility index (Phi) is 3.35. The predicted molar refractivity (Wildman–Crippen MR) is 66.3 cm³/mol. The molecule has 1 aromatic heterocycles. The Bertz CT molecular complexity index is 593. The molecule has 1 N–H and O–H groups in total. The van der Waals surface area contributed by atoms with Crippen LogP contribution >= 0.6 is 15.9 Å². The fourth-order valence-electron chi connectivity index (χ4n) is 1.33. The van der Waals surface area contributed by atoms with Crippen molar-refractivity contribution >= 4 is 27.3 Å². The first-order valence-corrected chi connectivity index (χ1v) is 5.57. The summed E-state index contributed by atoms with van der Waals surface area (Å²) in [6, 6.07) is 9.68. The number of nitrogens with one attached hydrogen (secondary N) is 1. The van der Waals surface area contributed by atoms with Crippen molar-refractivity contribution in [3.63, 3.8) is 0 Å². The third kappa shape index (κ3) is 2.60. The first-order valence-electron chi connectivity index (χ1n) is 4.78. The van der Waals surface area contributed by atoms with Crippen LogP contribution in [0.1, 0.15) is 5.69 Å². The Morgan fingerprint density at radius 2 is 2.12 bits per heavy atom. The van der Waals surface area contributed by atoms with E-state index in [9.17, 15) is 4.39 Å². The van der Waals surface area contributed by atoms with Crippen molar-refractivity contribution in [3.8, 4) is 6.07 Å². The Labute approximate surface area is 106 Å². The van der Waals surface area contributed by atoms with Crippen LogP contribution in [-0.2, 0) is 0 Å². The molecular weight excluding hydrogens is 285 g/mol. The fourth-order valence-corrected chi connectivity index (χ4v) is 1.68. The molecule has 17 heavy (non-hydrogen) atoms. The highest BCUT2D eigenvalue weighted by Crippen LogP contribution is 2.27. The van der Waals surface area contributed by atoms with Crippen LogP contribution in [0.5, 0.6) is 0 Å². The lowest BCUT2D eigenvalue weighted by Gasteiger charge is -2.09. The van der Waals surface area contributed by atoms with Gasteiger partial charge in [0.2, 0.25) is 0 Å². The molecule has 1 heterocycles. The lowest BCUT2D eigenvalue weighted by atomic mass is 10.2. The lowest BCUT2D eigenvalue weighted by molar-refractivity contribution is 0.628. The maximum Gasteiger partial charge on any atom is 0.163 e. The molecule has 84 valence electrons. The molecule has 2 aromatic rings. The van der Waals surface area contributed by atoms with Crippen molar-refractivity contribution in [1.82, 2.24) is 4.98 Å². The highest BCUT2D eigenvalue weighted by Gasteiger charge is 2.06. The van der Waals surface area contributed by atoms with E-state index in [-0.39, 0.29) is 11.5 Å². The van der Waals surface area contributed by atoms with Gasteiger partial charge in [-0.3, -0.25) is 0 Å². The summed E-state index contributed by atoms with van der Waals surface area (Å²) < 4.78 is 13.8. The van der Waals surface area contributed by atoms with E-state index < -0.39 is 0 Å². The molecular formula is C12H7BrFN3. The number of anilines is 2. The molecule has 0 fully saturated rings. The van der Waals surface area contributed by atoms with Crippen molar-refractivity contribution in [2.45, 2.75) is 0 Å². The zero-order valence-corrected chi connectivity index (χ0v) is 10.2. The number of rotatable bonds is 2. The number of hydrogen-bond donors (Lipinski definition) is 1. The number of halogens is 2. The zero-order valence-electron chi connectivity index (χ0n) is 8.61. The van der Waals surface area contributed by atoms with Gasteiger partial charge in [0.05, 0.1) is 11.4 Å². The Balaban J connectivity index is 2.38. The van der Waals surface area contributed by atoms with E-state index in [1.807, 2.05) is 6.07 Å². The van der Waals surface area contributed by atoms with Crippen LogP contribution in [0.15, 0.2) is 41.0 Å². The summed E-state index contributed by atoms with van der Waals surface area (Å²) in [5.74, 6) is -0.349. The van der Waals surface area contributed by atoms with E-state index in [1.165, 1.54) is 18.3 Å². The standard InChI is InChI=1S/C12H7BrFN3/c13-9-4-3-8(14)6-11(9)17-10-2-1-5-16-12(10)7-15/h1-6,17H. The maximum atomic E-state index is 13.1. The van der Waals surface area contributed by atoms with Gasteiger partial charge in [0, 0.05) is 10.7 Å². The van der Waals surface area contributed by atoms with Crippen LogP contribution in [0.2, 0.25) is 0 Å². The van der Waals surface area contributed by atoms with Gasteiger partial charge in [-0.1, -0.05) is 0 Å². The number of nitrogens with zero attached hydrogens (tertiary/aromatic N) is 2. The average Bonchev–Trinajstić information content (AvgIpc) is 2.34. The topological polar surface area (TPSA) is 48.7 Å². The zero-order chi connectivity index (χ0) is 12.3. The van der Waals surface area contributed by atoms with Gasteiger partial charge in [-0.05, 0) is 46.3 Å². The molecule has 3 nitrogen and oxygen atoms in total. The minimum atomic E-state index is -0.349. The second-order valence-electron chi connectivity index (χ2n) is 3.26. The largest absolute Gasteiger partial charge is 0.352 e. The molecule has 5 heteroatoms. The molecule has 0 spiro atoms. The van der Waals surface area contributed by atoms with Crippen LogP contribution < -0.4 is 5.32 Å². The number of aromatic nitrogens is 1. The summed E-state index contributed by atoms with van der Waals surface area (Å²) in [5.41, 5.74) is 1.36. The van der Waals surface area contributed by atoms with Gasteiger partial charge in [0.25, 0.3) is 0 Å². The molecule has 0 aliphatic carbocycles. The third-order valence-corrected chi connectivity index (χ3v) is 2.80. The van der Waals surface area contributed by atoms with Crippen LogP contribution in [0.3, 0.4) is 0 Å². The van der Waals surface area contributed by atoms with Gasteiger partial charge < -0.3 is 5.32 Å². The minimum Gasteiger partial charge on any atom is -0.352 e. The highest BCUT2D eigenvalue weighted by atomic mass is 79.9. The van der Waals surface area contributed by atoms with E-state index in [1.54, 1.807) is 18.2 Å². The van der Waals surface area contributed by atoms with Crippen LogP contribution in [-0.4, -0.2) is 4.98 Å². The summed E-state index contributed by atoms with van der Waals surface area (Å²) in [5, 5.41) is 11.8. The molecule has 0 bridgehead atoms. The number of benzene rings is 1. The SMILES string of the molecule is N#Cc1ncccc1Nc1cc(F)ccc1Br. The minimum absolute atomic E-state index is 0.267. The molecule has 0 saturated carbocycles. The van der Waals surface area contributed by atoms with E-state index in [2.05, 4.69) is 26.2 Å². The molecule has 1 aromatic carbocycles. The molecule has 0 saturated heterocycles. The van der Waals surface area contributed by atoms with Gasteiger partial charge in [-0.2, -0.15) is 5.26 Å². The summed E-state index contributed by atoms with van der Waals surface area (Å²) in [6.45, 7) is 0. The normalized spacial score (nSPS) is 9.71. The molecule has 0 amide bonds. The van der Waals surface area contributed by atoms with Gasteiger partial charge in [0.1, 0.15) is 11.9 Å². The van der Waals surface area contributed by atoms with Crippen LogP contribution in [0.4, 0.5) is 15.8 Å². The van der Waals surface area contributed by atoms with Gasteiger partial charge in [-0.15, -0.1) is 0 Å². The summed E-state index contributed by atoms with van der Waals surface area (Å²) in [7, 11) is 0.